The van der Waals surface area contributed by atoms with Crippen molar-refractivity contribution in [2.75, 3.05) is 0 Å². The van der Waals surface area contributed by atoms with Crippen LogP contribution in [0.15, 0.2) is 24.4 Å². The lowest BCUT2D eigenvalue weighted by molar-refractivity contribution is -0.107. The number of aromatic nitrogens is 1. The molecule has 0 saturated carbocycles. The number of hydrogen-bond donors (Lipinski definition) is 0. The first-order valence-corrected chi connectivity index (χ1v) is 4.97. The van der Waals surface area contributed by atoms with Crippen LogP contribution >= 0.6 is 0 Å². The predicted octanol–water partition coefficient (Wildman–Crippen LogP) is 2.54. The zero-order valence-electron chi connectivity index (χ0n) is 8.53. The number of fused-ring (bicyclic) bond motifs is 1. The lowest BCUT2D eigenvalue weighted by atomic mass is 10.1. The number of carbonyl (C=O) groups is 1. The minimum Gasteiger partial charge on any atom is -0.347 e. The van der Waals surface area contributed by atoms with Crippen LogP contribution in [0.2, 0.25) is 0 Å². The van der Waals surface area contributed by atoms with Crippen molar-refractivity contribution in [2.45, 2.75) is 19.9 Å². The van der Waals surface area contributed by atoms with Crippen molar-refractivity contribution in [3.05, 3.63) is 35.8 Å². The fourth-order valence-electron chi connectivity index (χ4n) is 1.86. The number of nitrogens with zero attached hydrogens (tertiary/aromatic N) is 1. The number of benzene rings is 1. The first kappa shape index (κ1) is 9.90. The molecule has 78 valence electrons. The van der Waals surface area contributed by atoms with E-state index in [1.165, 1.54) is 12.1 Å². The van der Waals surface area contributed by atoms with Gasteiger partial charge >= 0.3 is 0 Å². The molecule has 2 aromatic rings. The lowest BCUT2D eigenvalue weighted by Gasteiger charge is -1.99. The SMILES string of the molecule is CCn1cc(CC=O)c2cc(F)ccc21. The molecule has 2 rings (SSSR count). The maximum atomic E-state index is 13.1. The smallest absolute Gasteiger partial charge is 0.124 e. The van der Waals surface area contributed by atoms with Gasteiger partial charge in [0.25, 0.3) is 0 Å². The van der Waals surface area contributed by atoms with Crippen molar-refractivity contribution in [2.24, 2.45) is 0 Å². The molecule has 0 aliphatic heterocycles. The van der Waals surface area contributed by atoms with Crippen LogP contribution in [0.5, 0.6) is 0 Å². The lowest BCUT2D eigenvalue weighted by Crippen LogP contribution is -1.90. The quantitative estimate of drug-likeness (QED) is 0.706. The number of rotatable bonds is 3. The molecule has 0 radical (unpaired) electrons. The third-order valence-electron chi connectivity index (χ3n) is 2.57. The van der Waals surface area contributed by atoms with Gasteiger partial charge < -0.3 is 9.36 Å². The summed E-state index contributed by atoms with van der Waals surface area (Å²) in [6, 6.07) is 4.68. The molecule has 2 nitrogen and oxygen atoms in total. The highest BCUT2D eigenvalue weighted by molar-refractivity contribution is 5.86. The molecule has 0 N–H and O–H groups in total. The van der Waals surface area contributed by atoms with Crippen LogP contribution < -0.4 is 0 Å². The second kappa shape index (κ2) is 3.85. The molecule has 1 aromatic heterocycles. The fourth-order valence-corrected chi connectivity index (χ4v) is 1.86. The Balaban J connectivity index is 2.69. The summed E-state index contributed by atoms with van der Waals surface area (Å²) in [5.74, 6) is -0.261. The van der Waals surface area contributed by atoms with Crippen LogP contribution in [0, 0.1) is 5.82 Å². The Morgan fingerprint density at radius 1 is 1.47 bits per heavy atom. The molecule has 0 aliphatic carbocycles. The summed E-state index contributed by atoms with van der Waals surface area (Å²) in [7, 11) is 0. The van der Waals surface area contributed by atoms with Crippen molar-refractivity contribution in [3.63, 3.8) is 0 Å². The van der Waals surface area contributed by atoms with Gasteiger partial charge in [0.15, 0.2) is 0 Å². The minimum absolute atomic E-state index is 0.261. The number of carbonyl (C=O) groups excluding carboxylic acids is 1. The molecular formula is C12H12FNO. The Morgan fingerprint density at radius 2 is 2.27 bits per heavy atom. The molecule has 15 heavy (non-hydrogen) atoms. The van der Waals surface area contributed by atoms with E-state index in [1.807, 2.05) is 17.7 Å². The second-order valence-electron chi connectivity index (χ2n) is 3.47. The normalized spacial score (nSPS) is 10.8. The van der Waals surface area contributed by atoms with Gasteiger partial charge in [-0.3, -0.25) is 0 Å². The van der Waals surface area contributed by atoms with Crippen molar-refractivity contribution in [1.29, 1.82) is 0 Å². The molecule has 0 saturated heterocycles. The van der Waals surface area contributed by atoms with Gasteiger partial charge in [0.2, 0.25) is 0 Å². The average Bonchev–Trinajstić information content (AvgIpc) is 2.57. The maximum absolute atomic E-state index is 13.1. The summed E-state index contributed by atoms with van der Waals surface area (Å²) in [5.41, 5.74) is 1.87. The van der Waals surface area contributed by atoms with Crippen LogP contribution in [-0.2, 0) is 17.8 Å². The molecule has 0 bridgehead atoms. The van der Waals surface area contributed by atoms with Gasteiger partial charge in [0.05, 0.1) is 0 Å². The van der Waals surface area contributed by atoms with E-state index in [9.17, 15) is 9.18 Å². The topological polar surface area (TPSA) is 22.0 Å². The highest BCUT2D eigenvalue weighted by Gasteiger charge is 2.07. The summed E-state index contributed by atoms with van der Waals surface area (Å²) < 4.78 is 15.1. The standard InChI is InChI=1S/C12H12FNO/c1-2-14-8-9(5-6-15)11-7-10(13)3-4-12(11)14/h3-4,6-8H,2,5H2,1H3. The van der Waals surface area contributed by atoms with Gasteiger partial charge in [0.1, 0.15) is 12.1 Å². The highest BCUT2D eigenvalue weighted by Crippen LogP contribution is 2.22. The fraction of sp³-hybridized carbons (Fsp3) is 0.250. The van der Waals surface area contributed by atoms with Crippen molar-refractivity contribution >= 4 is 17.2 Å². The van der Waals surface area contributed by atoms with Gasteiger partial charge in [-0.1, -0.05) is 0 Å². The van der Waals surface area contributed by atoms with Crippen molar-refractivity contribution < 1.29 is 9.18 Å². The first-order chi connectivity index (χ1) is 7.26. The van der Waals surface area contributed by atoms with Crippen LogP contribution in [0.4, 0.5) is 4.39 Å². The van der Waals surface area contributed by atoms with Crippen LogP contribution in [0.3, 0.4) is 0 Å². The summed E-state index contributed by atoms with van der Waals surface area (Å²) in [6.07, 6.45) is 3.10. The average molecular weight is 205 g/mol. The Kier molecular flexibility index (Phi) is 2.54. The van der Waals surface area contributed by atoms with Gasteiger partial charge in [-0.05, 0) is 30.7 Å². The molecule has 0 aliphatic rings. The summed E-state index contributed by atoms with van der Waals surface area (Å²) >= 11 is 0. The van der Waals surface area contributed by atoms with Crippen LogP contribution in [0.25, 0.3) is 10.9 Å². The number of halogens is 1. The third-order valence-corrected chi connectivity index (χ3v) is 2.57. The van der Waals surface area contributed by atoms with Gasteiger partial charge in [-0.25, -0.2) is 4.39 Å². The second-order valence-corrected chi connectivity index (χ2v) is 3.47. The molecule has 1 aromatic carbocycles. The predicted molar refractivity (Wildman–Crippen MR) is 57.3 cm³/mol. The minimum atomic E-state index is -0.261. The molecule has 0 amide bonds. The molecule has 0 fully saturated rings. The molecule has 0 atom stereocenters. The Hall–Kier alpha value is -1.64. The zero-order valence-corrected chi connectivity index (χ0v) is 8.53. The zero-order chi connectivity index (χ0) is 10.8. The van der Waals surface area contributed by atoms with E-state index in [4.69, 9.17) is 0 Å². The third kappa shape index (κ3) is 1.65. The number of aryl methyl sites for hydroxylation is 1. The largest absolute Gasteiger partial charge is 0.347 e. The number of hydrogen-bond acceptors (Lipinski definition) is 1. The van der Waals surface area contributed by atoms with E-state index < -0.39 is 0 Å². The summed E-state index contributed by atoms with van der Waals surface area (Å²) in [5, 5.41) is 0.837. The molecule has 3 heteroatoms. The maximum Gasteiger partial charge on any atom is 0.124 e. The molecule has 0 unspecified atom stereocenters. The summed E-state index contributed by atoms with van der Waals surface area (Å²) in [4.78, 5) is 10.5. The Bertz CT molecular complexity index is 502. The van der Waals surface area contributed by atoms with Crippen LogP contribution in [-0.4, -0.2) is 10.9 Å². The monoisotopic (exact) mass is 205 g/mol. The summed E-state index contributed by atoms with van der Waals surface area (Å²) in [6.45, 7) is 2.84. The Labute approximate surface area is 87.3 Å². The first-order valence-electron chi connectivity index (χ1n) is 4.97. The molecule has 1 heterocycles. The highest BCUT2D eigenvalue weighted by atomic mass is 19.1. The number of aldehydes is 1. The van der Waals surface area contributed by atoms with Crippen LogP contribution in [0.1, 0.15) is 12.5 Å². The van der Waals surface area contributed by atoms with Gasteiger partial charge in [0, 0.05) is 30.1 Å². The van der Waals surface area contributed by atoms with Gasteiger partial charge in [-0.15, -0.1) is 0 Å². The van der Waals surface area contributed by atoms with E-state index in [2.05, 4.69) is 0 Å². The van der Waals surface area contributed by atoms with E-state index in [1.54, 1.807) is 6.07 Å². The van der Waals surface area contributed by atoms with E-state index in [-0.39, 0.29) is 5.82 Å². The van der Waals surface area contributed by atoms with Crippen molar-refractivity contribution in [1.82, 2.24) is 4.57 Å². The Morgan fingerprint density at radius 3 is 2.93 bits per heavy atom. The van der Waals surface area contributed by atoms with Gasteiger partial charge in [-0.2, -0.15) is 0 Å². The van der Waals surface area contributed by atoms with E-state index in [0.29, 0.717) is 6.42 Å². The van der Waals surface area contributed by atoms with E-state index in [0.717, 1.165) is 29.3 Å². The molecular weight excluding hydrogens is 193 g/mol. The van der Waals surface area contributed by atoms with Crippen molar-refractivity contribution in [3.8, 4) is 0 Å². The van der Waals surface area contributed by atoms with E-state index >= 15 is 0 Å². The molecule has 0 spiro atoms.